The summed E-state index contributed by atoms with van der Waals surface area (Å²) in [7, 11) is -0.896. The number of nitrogens with zero attached hydrogens (tertiary/aromatic N) is 2. The third-order valence-electron chi connectivity index (χ3n) is 5.14. The number of methoxy groups -OCH3 is 2. The van der Waals surface area contributed by atoms with Gasteiger partial charge in [0.25, 0.3) is 0 Å². The summed E-state index contributed by atoms with van der Waals surface area (Å²) in [5.74, 6) is -0.142. The van der Waals surface area contributed by atoms with Crippen molar-refractivity contribution in [3.05, 3.63) is 18.2 Å². The number of carbonyl (C=O) groups is 2. The van der Waals surface area contributed by atoms with E-state index < -0.39 is 10.0 Å². The summed E-state index contributed by atoms with van der Waals surface area (Å²) in [4.78, 5) is 25.4. The first-order valence-electron chi connectivity index (χ1n) is 8.95. The van der Waals surface area contributed by atoms with Crippen LogP contribution in [0.4, 0.5) is 5.69 Å². The Labute approximate surface area is 159 Å². The van der Waals surface area contributed by atoms with Crippen LogP contribution >= 0.6 is 0 Å². The number of sulfonamides is 1. The van der Waals surface area contributed by atoms with Crippen LogP contribution in [0.2, 0.25) is 0 Å². The molecule has 1 aromatic carbocycles. The van der Waals surface area contributed by atoms with Crippen LogP contribution < -0.4 is 9.64 Å². The minimum absolute atomic E-state index is 0.0401. The molecule has 2 saturated heterocycles. The van der Waals surface area contributed by atoms with E-state index in [0.717, 1.165) is 6.42 Å². The van der Waals surface area contributed by atoms with E-state index in [4.69, 9.17) is 9.47 Å². The minimum atomic E-state index is -3.72. The molecule has 148 valence electrons. The highest BCUT2D eigenvalue weighted by atomic mass is 32.2. The van der Waals surface area contributed by atoms with E-state index in [1.807, 2.05) is 0 Å². The van der Waals surface area contributed by atoms with E-state index in [0.29, 0.717) is 37.2 Å². The second-order valence-electron chi connectivity index (χ2n) is 6.68. The Morgan fingerprint density at radius 1 is 1.15 bits per heavy atom. The number of piperidine rings is 1. The summed E-state index contributed by atoms with van der Waals surface area (Å²) in [5, 5.41) is 0. The average Bonchev–Trinajstić information content (AvgIpc) is 3.12. The predicted molar refractivity (Wildman–Crippen MR) is 98.1 cm³/mol. The van der Waals surface area contributed by atoms with Crippen LogP contribution in [0.25, 0.3) is 0 Å². The van der Waals surface area contributed by atoms with Crippen LogP contribution in [-0.2, 0) is 24.3 Å². The van der Waals surface area contributed by atoms with Gasteiger partial charge in [0.1, 0.15) is 5.75 Å². The zero-order valence-corrected chi connectivity index (χ0v) is 16.3. The highest BCUT2D eigenvalue weighted by Gasteiger charge is 2.34. The van der Waals surface area contributed by atoms with Crippen LogP contribution in [0, 0.1) is 5.92 Å². The van der Waals surface area contributed by atoms with E-state index in [9.17, 15) is 18.0 Å². The van der Waals surface area contributed by atoms with Crippen molar-refractivity contribution in [1.29, 1.82) is 0 Å². The van der Waals surface area contributed by atoms with Crippen LogP contribution in [0.3, 0.4) is 0 Å². The molecule has 1 amide bonds. The first-order valence-corrected chi connectivity index (χ1v) is 10.4. The molecule has 2 aliphatic heterocycles. The van der Waals surface area contributed by atoms with Gasteiger partial charge in [0.05, 0.1) is 30.7 Å². The first kappa shape index (κ1) is 19.6. The van der Waals surface area contributed by atoms with Gasteiger partial charge in [-0.1, -0.05) is 0 Å². The van der Waals surface area contributed by atoms with E-state index in [1.165, 1.54) is 30.7 Å². The van der Waals surface area contributed by atoms with E-state index in [2.05, 4.69) is 0 Å². The maximum atomic E-state index is 13.0. The van der Waals surface area contributed by atoms with Crippen LogP contribution in [-0.4, -0.2) is 58.5 Å². The van der Waals surface area contributed by atoms with Gasteiger partial charge in [-0.05, 0) is 37.5 Å². The standard InChI is InChI=1S/C18H24N2O6S/c1-25-16-6-5-14(12-15(16)20-9-3-4-17(20)21)27(23,24)19-10-7-13(8-11-19)18(22)26-2/h5-6,12-13H,3-4,7-11H2,1-2H3. The van der Waals surface area contributed by atoms with Gasteiger partial charge in [0, 0.05) is 26.1 Å². The summed E-state index contributed by atoms with van der Waals surface area (Å²) in [6.45, 7) is 1.06. The van der Waals surface area contributed by atoms with Gasteiger partial charge in [-0.25, -0.2) is 8.42 Å². The lowest BCUT2D eigenvalue weighted by Gasteiger charge is -2.30. The molecular weight excluding hydrogens is 372 g/mol. The van der Waals surface area contributed by atoms with Crippen molar-refractivity contribution < 1.29 is 27.5 Å². The topological polar surface area (TPSA) is 93.2 Å². The normalized spacial score (nSPS) is 19.3. The van der Waals surface area contributed by atoms with E-state index in [1.54, 1.807) is 11.0 Å². The number of anilines is 1. The molecule has 3 rings (SSSR count). The van der Waals surface area contributed by atoms with Crippen molar-refractivity contribution in [3.8, 4) is 5.75 Å². The smallest absolute Gasteiger partial charge is 0.308 e. The molecule has 1 aromatic rings. The number of amides is 1. The minimum Gasteiger partial charge on any atom is -0.495 e. The third kappa shape index (κ3) is 3.79. The molecule has 0 radical (unpaired) electrons. The molecule has 2 fully saturated rings. The van der Waals surface area contributed by atoms with Crippen molar-refractivity contribution >= 4 is 27.6 Å². The molecule has 0 atom stereocenters. The molecule has 2 aliphatic rings. The molecule has 0 unspecified atom stereocenters. The molecule has 27 heavy (non-hydrogen) atoms. The van der Waals surface area contributed by atoms with Gasteiger partial charge in [-0.3, -0.25) is 9.59 Å². The maximum Gasteiger partial charge on any atom is 0.308 e. The lowest BCUT2D eigenvalue weighted by molar-refractivity contribution is -0.146. The molecule has 0 spiro atoms. The number of rotatable bonds is 5. The quantitative estimate of drug-likeness (QED) is 0.699. The van der Waals surface area contributed by atoms with E-state index >= 15 is 0 Å². The monoisotopic (exact) mass is 396 g/mol. The lowest BCUT2D eigenvalue weighted by Crippen LogP contribution is -2.40. The molecule has 0 aromatic heterocycles. The molecule has 0 saturated carbocycles. The average molecular weight is 396 g/mol. The third-order valence-corrected chi connectivity index (χ3v) is 7.04. The second kappa shape index (κ2) is 7.85. The van der Waals surface area contributed by atoms with Crippen LogP contribution in [0.5, 0.6) is 5.75 Å². The fraction of sp³-hybridized carbons (Fsp3) is 0.556. The van der Waals surface area contributed by atoms with Gasteiger partial charge in [-0.2, -0.15) is 4.31 Å². The Hall–Kier alpha value is -2.13. The van der Waals surface area contributed by atoms with Crippen LogP contribution in [0.15, 0.2) is 23.1 Å². The van der Waals surface area contributed by atoms with Gasteiger partial charge in [0.15, 0.2) is 0 Å². The summed E-state index contributed by atoms with van der Waals surface area (Å²) in [5.41, 5.74) is 0.477. The number of ether oxygens (including phenoxy) is 2. The van der Waals surface area contributed by atoms with Crippen molar-refractivity contribution in [2.75, 3.05) is 38.8 Å². The van der Waals surface area contributed by atoms with Gasteiger partial charge >= 0.3 is 5.97 Å². The SMILES string of the molecule is COC(=O)C1CCN(S(=O)(=O)c2ccc(OC)c(N3CCCC3=O)c2)CC1. The number of benzene rings is 1. The Morgan fingerprint density at radius 3 is 2.41 bits per heavy atom. The van der Waals surface area contributed by atoms with Crippen molar-refractivity contribution in [2.45, 2.75) is 30.6 Å². The molecular formula is C18H24N2O6S. The molecule has 9 heteroatoms. The lowest BCUT2D eigenvalue weighted by atomic mass is 9.99. The Morgan fingerprint density at radius 2 is 1.85 bits per heavy atom. The fourth-order valence-electron chi connectivity index (χ4n) is 3.59. The van der Waals surface area contributed by atoms with Gasteiger partial charge < -0.3 is 14.4 Å². The van der Waals surface area contributed by atoms with Crippen LogP contribution in [0.1, 0.15) is 25.7 Å². The zero-order valence-electron chi connectivity index (χ0n) is 15.5. The fourth-order valence-corrected chi connectivity index (χ4v) is 5.08. The van der Waals surface area contributed by atoms with Crippen molar-refractivity contribution in [1.82, 2.24) is 4.31 Å². The summed E-state index contributed by atoms with van der Waals surface area (Å²) in [6, 6.07) is 4.57. The van der Waals surface area contributed by atoms with Gasteiger partial charge in [-0.15, -0.1) is 0 Å². The second-order valence-corrected chi connectivity index (χ2v) is 8.62. The molecule has 0 bridgehead atoms. The first-order chi connectivity index (χ1) is 12.9. The number of esters is 1. The molecule has 0 aliphatic carbocycles. The van der Waals surface area contributed by atoms with Crippen molar-refractivity contribution in [3.63, 3.8) is 0 Å². The summed E-state index contributed by atoms with van der Waals surface area (Å²) < 4.78 is 37.5. The zero-order chi connectivity index (χ0) is 19.6. The van der Waals surface area contributed by atoms with E-state index in [-0.39, 0.29) is 35.8 Å². The number of carbonyl (C=O) groups excluding carboxylic acids is 2. The predicted octanol–water partition coefficient (Wildman–Crippen LogP) is 1.40. The van der Waals surface area contributed by atoms with Crippen molar-refractivity contribution in [2.24, 2.45) is 5.92 Å². The molecule has 2 heterocycles. The Balaban J connectivity index is 1.85. The number of hydrogen-bond donors (Lipinski definition) is 0. The summed E-state index contributed by atoms with van der Waals surface area (Å²) >= 11 is 0. The summed E-state index contributed by atoms with van der Waals surface area (Å²) in [6.07, 6.45) is 2.04. The molecule has 8 nitrogen and oxygen atoms in total. The molecule has 0 N–H and O–H groups in total. The maximum absolute atomic E-state index is 13.0. The number of hydrogen-bond acceptors (Lipinski definition) is 6. The van der Waals surface area contributed by atoms with Gasteiger partial charge in [0.2, 0.25) is 15.9 Å². The Bertz CT molecular complexity index is 830. The highest BCUT2D eigenvalue weighted by molar-refractivity contribution is 7.89. The highest BCUT2D eigenvalue weighted by Crippen LogP contribution is 2.35. The largest absolute Gasteiger partial charge is 0.495 e. The Kier molecular flexibility index (Phi) is 5.71.